The molecule has 0 aliphatic heterocycles. The number of carbonyl (C=O) groups excluding carboxylic acids is 1. The van der Waals surface area contributed by atoms with Gasteiger partial charge in [0.2, 0.25) is 0 Å². The lowest BCUT2D eigenvalue weighted by molar-refractivity contribution is 0.104. The van der Waals surface area contributed by atoms with Gasteiger partial charge < -0.3 is 9.80 Å². The van der Waals surface area contributed by atoms with E-state index in [-0.39, 0.29) is 5.78 Å². The van der Waals surface area contributed by atoms with Crippen molar-refractivity contribution in [2.45, 2.75) is 0 Å². The average molecular weight is 359 g/mol. The standard InChI is InChI=1S/C23H25N3O/c1-25(2)16-17-26(3)21-13-9-19(10-14-21)23(27)15-12-20-11-8-18-6-4-5-7-22(18)24-20/h4-15H,16-17H2,1-3H3. The summed E-state index contributed by atoms with van der Waals surface area (Å²) in [5.41, 5.74) is 3.49. The first kappa shape index (κ1) is 18.8. The zero-order valence-corrected chi connectivity index (χ0v) is 16.1. The summed E-state index contributed by atoms with van der Waals surface area (Å²) in [6, 6.07) is 19.6. The van der Waals surface area contributed by atoms with Gasteiger partial charge in [-0.05, 0) is 62.6 Å². The minimum Gasteiger partial charge on any atom is -0.373 e. The summed E-state index contributed by atoms with van der Waals surface area (Å²) in [6.07, 6.45) is 3.35. The molecule has 0 spiro atoms. The molecule has 1 aromatic heterocycles. The molecule has 0 amide bonds. The summed E-state index contributed by atoms with van der Waals surface area (Å²) in [5, 5.41) is 1.09. The van der Waals surface area contributed by atoms with E-state index < -0.39 is 0 Å². The monoisotopic (exact) mass is 359 g/mol. The Kier molecular flexibility index (Phi) is 5.99. The van der Waals surface area contributed by atoms with Gasteiger partial charge in [-0.25, -0.2) is 4.98 Å². The zero-order valence-electron chi connectivity index (χ0n) is 16.1. The van der Waals surface area contributed by atoms with Crippen LogP contribution in [0.2, 0.25) is 0 Å². The van der Waals surface area contributed by atoms with Crippen molar-refractivity contribution in [3.63, 3.8) is 0 Å². The number of nitrogens with zero attached hydrogens (tertiary/aromatic N) is 3. The normalized spacial score (nSPS) is 11.4. The molecule has 2 aromatic carbocycles. The highest BCUT2D eigenvalue weighted by Gasteiger charge is 2.05. The number of hydrogen-bond acceptors (Lipinski definition) is 4. The molecule has 0 aliphatic carbocycles. The number of para-hydroxylation sites is 1. The number of ketones is 1. The molecule has 4 heteroatoms. The highest BCUT2D eigenvalue weighted by Crippen LogP contribution is 2.16. The fourth-order valence-corrected chi connectivity index (χ4v) is 2.79. The van der Waals surface area contributed by atoms with E-state index in [2.05, 4.69) is 35.9 Å². The van der Waals surface area contributed by atoms with Crippen molar-refractivity contribution in [3.8, 4) is 0 Å². The van der Waals surface area contributed by atoms with Crippen LogP contribution in [0.5, 0.6) is 0 Å². The summed E-state index contributed by atoms with van der Waals surface area (Å²) in [7, 11) is 6.18. The van der Waals surface area contributed by atoms with E-state index in [0.717, 1.165) is 35.4 Å². The van der Waals surface area contributed by atoms with Crippen LogP contribution in [0.15, 0.2) is 66.7 Å². The summed E-state index contributed by atoms with van der Waals surface area (Å²) in [4.78, 5) is 21.3. The maximum Gasteiger partial charge on any atom is 0.185 e. The van der Waals surface area contributed by atoms with E-state index in [1.807, 2.05) is 60.7 Å². The number of aromatic nitrogens is 1. The molecule has 0 unspecified atom stereocenters. The van der Waals surface area contributed by atoms with Crippen LogP contribution >= 0.6 is 0 Å². The number of hydrogen-bond donors (Lipinski definition) is 0. The predicted octanol–water partition coefficient (Wildman–Crippen LogP) is 4.13. The molecule has 0 radical (unpaired) electrons. The third-order valence-corrected chi connectivity index (χ3v) is 4.50. The van der Waals surface area contributed by atoms with Crippen LogP contribution in [0, 0.1) is 0 Å². The minimum atomic E-state index is -0.0209. The Morgan fingerprint density at radius 1 is 0.926 bits per heavy atom. The van der Waals surface area contributed by atoms with Gasteiger partial charge in [0.15, 0.2) is 5.78 Å². The van der Waals surface area contributed by atoms with Crippen molar-refractivity contribution in [1.82, 2.24) is 9.88 Å². The fourth-order valence-electron chi connectivity index (χ4n) is 2.79. The highest BCUT2D eigenvalue weighted by molar-refractivity contribution is 6.07. The molecular weight excluding hydrogens is 334 g/mol. The quantitative estimate of drug-likeness (QED) is 0.469. The number of rotatable bonds is 7. The molecule has 3 aromatic rings. The van der Waals surface area contributed by atoms with Crippen LogP contribution in [0.4, 0.5) is 5.69 Å². The van der Waals surface area contributed by atoms with Gasteiger partial charge in [0.25, 0.3) is 0 Å². The zero-order chi connectivity index (χ0) is 19.2. The van der Waals surface area contributed by atoms with Crippen LogP contribution < -0.4 is 4.90 Å². The van der Waals surface area contributed by atoms with E-state index in [1.165, 1.54) is 0 Å². The Bertz CT molecular complexity index is 945. The molecule has 3 rings (SSSR count). The van der Waals surface area contributed by atoms with Crippen LogP contribution in [0.25, 0.3) is 17.0 Å². The maximum absolute atomic E-state index is 12.4. The predicted molar refractivity (Wildman–Crippen MR) is 113 cm³/mol. The molecule has 4 nitrogen and oxygen atoms in total. The number of pyridine rings is 1. The van der Waals surface area contributed by atoms with E-state index >= 15 is 0 Å². The number of allylic oxidation sites excluding steroid dienone is 1. The lowest BCUT2D eigenvalue weighted by atomic mass is 10.1. The summed E-state index contributed by atoms with van der Waals surface area (Å²) in [5.74, 6) is -0.0209. The number of likely N-dealkylation sites (N-methyl/N-ethyl adjacent to an activating group) is 2. The first-order valence-corrected chi connectivity index (χ1v) is 9.07. The van der Waals surface area contributed by atoms with E-state index in [4.69, 9.17) is 0 Å². The summed E-state index contributed by atoms with van der Waals surface area (Å²) in [6.45, 7) is 1.92. The van der Waals surface area contributed by atoms with Gasteiger partial charge in [-0.3, -0.25) is 4.79 Å². The van der Waals surface area contributed by atoms with Crippen molar-refractivity contribution in [3.05, 3.63) is 78.0 Å². The Morgan fingerprint density at radius 3 is 2.41 bits per heavy atom. The van der Waals surface area contributed by atoms with Gasteiger partial charge >= 0.3 is 0 Å². The van der Waals surface area contributed by atoms with E-state index in [9.17, 15) is 4.79 Å². The van der Waals surface area contributed by atoms with Gasteiger partial charge in [-0.15, -0.1) is 0 Å². The molecule has 138 valence electrons. The van der Waals surface area contributed by atoms with Crippen LogP contribution in [0.1, 0.15) is 16.1 Å². The lowest BCUT2D eigenvalue weighted by Crippen LogP contribution is -2.28. The smallest absolute Gasteiger partial charge is 0.185 e. The molecule has 0 saturated heterocycles. The maximum atomic E-state index is 12.4. The molecule has 0 atom stereocenters. The Labute approximate surface area is 160 Å². The molecule has 0 aliphatic rings. The Morgan fingerprint density at radius 2 is 1.67 bits per heavy atom. The highest BCUT2D eigenvalue weighted by atomic mass is 16.1. The van der Waals surface area contributed by atoms with Crippen LogP contribution in [-0.4, -0.2) is 49.9 Å². The number of anilines is 1. The number of carbonyl (C=O) groups is 1. The lowest BCUT2D eigenvalue weighted by Gasteiger charge is -2.21. The second kappa shape index (κ2) is 8.60. The number of fused-ring (bicyclic) bond motifs is 1. The minimum absolute atomic E-state index is 0.0209. The molecule has 0 saturated carbocycles. The molecule has 1 heterocycles. The Hall–Kier alpha value is -2.98. The van der Waals surface area contributed by atoms with Gasteiger partial charge in [0, 0.05) is 36.8 Å². The van der Waals surface area contributed by atoms with Crippen molar-refractivity contribution in [1.29, 1.82) is 0 Å². The third-order valence-electron chi connectivity index (χ3n) is 4.50. The van der Waals surface area contributed by atoms with E-state index in [0.29, 0.717) is 5.56 Å². The average Bonchev–Trinajstić information content (AvgIpc) is 2.70. The van der Waals surface area contributed by atoms with Crippen LogP contribution in [-0.2, 0) is 0 Å². The molecule has 0 fully saturated rings. The topological polar surface area (TPSA) is 36.4 Å². The van der Waals surface area contributed by atoms with Gasteiger partial charge in [0.05, 0.1) is 11.2 Å². The molecule has 27 heavy (non-hydrogen) atoms. The first-order chi connectivity index (χ1) is 13.0. The van der Waals surface area contributed by atoms with Gasteiger partial charge in [-0.1, -0.05) is 24.3 Å². The summed E-state index contributed by atoms with van der Waals surface area (Å²) < 4.78 is 0. The van der Waals surface area contributed by atoms with Crippen molar-refractivity contribution < 1.29 is 4.79 Å². The first-order valence-electron chi connectivity index (χ1n) is 9.07. The van der Waals surface area contributed by atoms with Crippen molar-refractivity contribution >= 4 is 28.4 Å². The molecular formula is C23H25N3O. The van der Waals surface area contributed by atoms with Crippen molar-refractivity contribution in [2.24, 2.45) is 0 Å². The van der Waals surface area contributed by atoms with Crippen molar-refractivity contribution in [2.75, 3.05) is 39.1 Å². The number of benzene rings is 2. The Balaban J connectivity index is 1.67. The molecule has 0 N–H and O–H groups in total. The second-order valence-corrected chi connectivity index (χ2v) is 6.90. The largest absolute Gasteiger partial charge is 0.373 e. The van der Waals surface area contributed by atoms with Crippen LogP contribution in [0.3, 0.4) is 0 Å². The second-order valence-electron chi connectivity index (χ2n) is 6.90. The fraction of sp³-hybridized carbons (Fsp3) is 0.217. The van der Waals surface area contributed by atoms with E-state index in [1.54, 1.807) is 12.2 Å². The summed E-state index contributed by atoms with van der Waals surface area (Å²) >= 11 is 0. The van der Waals surface area contributed by atoms with Gasteiger partial charge in [0.1, 0.15) is 0 Å². The SMILES string of the molecule is CN(C)CCN(C)c1ccc(C(=O)C=Cc2ccc3ccccc3n2)cc1. The molecule has 0 bridgehead atoms. The third kappa shape index (κ3) is 5.02. The van der Waals surface area contributed by atoms with Gasteiger partial charge in [-0.2, -0.15) is 0 Å².